The molecule has 3 aromatic carbocycles. The summed E-state index contributed by atoms with van der Waals surface area (Å²) in [6.07, 6.45) is 0. The van der Waals surface area contributed by atoms with Gasteiger partial charge >= 0.3 is 11.9 Å². The maximum absolute atomic E-state index is 12.1. The maximum atomic E-state index is 12.1. The number of phenols is 1. The zero-order chi connectivity index (χ0) is 23.3. The summed E-state index contributed by atoms with van der Waals surface area (Å²) in [6, 6.07) is 16.6. The lowest BCUT2D eigenvalue weighted by Crippen LogP contribution is -2.25. The molecule has 1 amide bonds. The first-order chi connectivity index (χ1) is 15.2. The highest BCUT2D eigenvalue weighted by molar-refractivity contribution is 6.39. The Balaban J connectivity index is 1.68. The number of carbonyl (C=O) groups excluding carboxylic acids is 2. The highest BCUT2D eigenvalue weighted by Crippen LogP contribution is 2.40. The van der Waals surface area contributed by atoms with Crippen molar-refractivity contribution in [3.63, 3.8) is 0 Å². The standard InChI is InChI=1S/C24H21Cl2NO5/c1-14(2)18-12-17(8-9-21(18)28)32-22-19(25)10-16(11-20(22)26)27-23(29)24(30)31-13-15-6-4-3-5-7-15/h3-12,14,28H,13H2,1-2H3,(H,27,29). The van der Waals surface area contributed by atoms with Crippen LogP contribution in [-0.2, 0) is 20.9 Å². The number of benzene rings is 3. The largest absolute Gasteiger partial charge is 0.508 e. The summed E-state index contributed by atoms with van der Waals surface area (Å²) in [5, 5.41) is 12.6. The van der Waals surface area contributed by atoms with Crippen molar-refractivity contribution in [2.75, 3.05) is 5.32 Å². The zero-order valence-corrected chi connectivity index (χ0v) is 18.9. The molecule has 0 aliphatic carbocycles. The Morgan fingerprint density at radius 2 is 1.66 bits per heavy atom. The lowest BCUT2D eigenvalue weighted by molar-refractivity contribution is -0.153. The van der Waals surface area contributed by atoms with Crippen molar-refractivity contribution in [2.24, 2.45) is 0 Å². The van der Waals surface area contributed by atoms with Crippen LogP contribution in [0.4, 0.5) is 5.69 Å². The molecule has 0 unspecified atom stereocenters. The number of halogens is 2. The molecule has 0 atom stereocenters. The molecule has 3 rings (SSSR count). The topological polar surface area (TPSA) is 84.9 Å². The minimum atomic E-state index is -1.04. The van der Waals surface area contributed by atoms with E-state index in [-0.39, 0.29) is 39.8 Å². The smallest absolute Gasteiger partial charge is 0.397 e. The summed E-state index contributed by atoms with van der Waals surface area (Å²) >= 11 is 12.6. The SMILES string of the molecule is CC(C)c1cc(Oc2c(Cl)cc(NC(=O)C(=O)OCc3ccccc3)cc2Cl)ccc1O. The number of carbonyl (C=O) groups is 2. The van der Waals surface area contributed by atoms with Gasteiger partial charge in [0, 0.05) is 11.3 Å². The number of nitrogens with one attached hydrogen (secondary N) is 1. The summed E-state index contributed by atoms with van der Waals surface area (Å²) in [5.41, 5.74) is 1.69. The normalized spacial score (nSPS) is 10.7. The Morgan fingerprint density at radius 1 is 1.00 bits per heavy atom. The van der Waals surface area contributed by atoms with Gasteiger partial charge in [-0.05, 0) is 41.8 Å². The molecule has 0 aromatic heterocycles. The van der Waals surface area contributed by atoms with E-state index in [1.807, 2.05) is 19.9 Å². The Kier molecular flexibility index (Phi) is 7.62. The molecule has 0 spiro atoms. The number of ether oxygens (including phenoxy) is 2. The van der Waals surface area contributed by atoms with Crippen LogP contribution in [-0.4, -0.2) is 17.0 Å². The molecule has 8 heteroatoms. The average Bonchev–Trinajstić information content (AvgIpc) is 2.76. The summed E-state index contributed by atoms with van der Waals surface area (Å²) in [4.78, 5) is 24.1. The quantitative estimate of drug-likeness (QED) is 0.324. The van der Waals surface area contributed by atoms with E-state index in [1.54, 1.807) is 36.4 Å². The van der Waals surface area contributed by atoms with Gasteiger partial charge in [-0.3, -0.25) is 4.79 Å². The van der Waals surface area contributed by atoms with E-state index >= 15 is 0 Å². The number of hydrogen-bond acceptors (Lipinski definition) is 5. The van der Waals surface area contributed by atoms with Gasteiger partial charge in [0.25, 0.3) is 0 Å². The van der Waals surface area contributed by atoms with Crippen LogP contribution in [0.1, 0.15) is 30.9 Å². The summed E-state index contributed by atoms with van der Waals surface area (Å²) < 4.78 is 10.8. The fourth-order valence-corrected chi connectivity index (χ4v) is 3.44. The molecule has 3 aromatic rings. The van der Waals surface area contributed by atoms with Gasteiger partial charge in [0.05, 0.1) is 10.0 Å². The third kappa shape index (κ3) is 5.93. The maximum Gasteiger partial charge on any atom is 0.397 e. The molecule has 0 aliphatic rings. The Morgan fingerprint density at radius 3 is 2.28 bits per heavy atom. The first kappa shape index (κ1) is 23.4. The van der Waals surface area contributed by atoms with Crippen molar-refractivity contribution in [3.05, 3.63) is 81.8 Å². The van der Waals surface area contributed by atoms with Gasteiger partial charge in [-0.2, -0.15) is 0 Å². The number of hydrogen-bond donors (Lipinski definition) is 2. The third-order valence-corrected chi connectivity index (χ3v) is 5.06. The van der Waals surface area contributed by atoms with Gasteiger partial charge < -0.3 is 19.9 Å². The van der Waals surface area contributed by atoms with Gasteiger partial charge in [0.2, 0.25) is 0 Å². The Labute approximate surface area is 195 Å². The molecular formula is C24H21Cl2NO5. The van der Waals surface area contributed by atoms with Crippen LogP contribution in [0.3, 0.4) is 0 Å². The first-order valence-corrected chi connectivity index (χ1v) is 10.5. The van der Waals surface area contributed by atoms with Crippen LogP contribution in [0.5, 0.6) is 17.2 Å². The van der Waals surface area contributed by atoms with E-state index in [0.717, 1.165) is 5.56 Å². The van der Waals surface area contributed by atoms with Crippen molar-refractivity contribution in [1.82, 2.24) is 0 Å². The number of rotatable bonds is 6. The minimum absolute atomic E-state index is 0.0214. The number of phenolic OH excluding ortho intramolecular Hbond substituents is 1. The van der Waals surface area contributed by atoms with Crippen molar-refractivity contribution in [1.29, 1.82) is 0 Å². The van der Waals surface area contributed by atoms with Gasteiger partial charge in [0.1, 0.15) is 18.1 Å². The summed E-state index contributed by atoms with van der Waals surface area (Å²) in [7, 11) is 0. The molecule has 2 N–H and O–H groups in total. The van der Waals surface area contributed by atoms with Crippen LogP contribution in [0, 0.1) is 0 Å². The number of anilines is 1. The first-order valence-electron chi connectivity index (χ1n) is 9.76. The molecule has 32 heavy (non-hydrogen) atoms. The highest BCUT2D eigenvalue weighted by Gasteiger charge is 2.18. The van der Waals surface area contributed by atoms with Crippen LogP contribution in [0.15, 0.2) is 60.7 Å². The molecule has 0 saturated heterocycles. The Bertz CT molecular complexity index is 1110. The second-order valence-corrected chi connectivity index (χ2v) is 8.08. The van der Waals surface area contributed by atoms with Gasteiger partial charge in [-0.15, -0.1) is 0 Å². The lowest BCUT2D eigenvalue weighted by atomic mass is 10.0. The van der Waals surface area contributed by atoms with Crippen LogP contribution in [0.2, 0.25) is 10.0 Å². The third-order valence-electron chi connectivity index (χ3n) is 4.50. The van der Waals surface area contributed by atoms with E-state index in [9.17, 15) is 14.7 Å². The molecule has 0 saturated carbocycles. The number of esters is 1. The molecule has 0 aliphatic heterocycles. The van der Waals surface area contributed by atoms with Gasteiger partial charge in [-0.1, -0.05) is 67.4 Å². The fraction of sp³-hybridized carbons (Fsp3) is 0.167. The zero-order valence-electron chi connectivity index (χ0n) is 17.4. The second kappa shape index (κ2) is 10.4. The minimum Gasteiger partial charge on any atom is -0.508 e. The monoisotopic (exact) mass is 473 g/mol. The molecule has 0 radical (unpaired) electrons. The summed E-state index contributed by atoms with van der Waals surface area (Å²) in [5.74, 6) is -1.12. The van der Waals surface area contributed by atoms with Crippen LogP contribution < -0.4 is 10.1 Å². The predicted octanol–water partition coefficient (Wildman–Crippen LogP) is 6.30. The number of aromatic hydroxyl groups is 1. The second-order valence-electron chi connectivity index (χ2n) is 7.26. The van der Waals surface area contributed by atoms with E-state index < -0.39 is 11.9 Å². The number of amides is 1. The molecule has 0 fully saturated rings. The summed E-state index contributed by atoms with van der Waals surface area (Å²) in [6.45, 7) is 3.87. The van der Waals surface area contributed by atoms with Gasteiger partial charge in [-0.25, -0.2) is 4.79 Å². The predicted molar refractivity (Wildman–Crippen MR) is 124 cm³/mol. The van der Waals surface area contributed by atoms with Crippen LogP contribution in [0.25, 0.3) is 0 Å². The molecular weight excluding hydrogens is 453 g/mol. The van der Waals surface area contributed by atoms with Crippen molar-refractivity contribution in [2.45, 2.75) is 26.4 Å². The van der Waals surface area contributed by atoms with Crippen LogP contribution >= 0.6 is 23.2 Å². The van der Waals surface area contributed by atoms with E-state index in [2.05, 4.69) is 5.32 Å². The molecule has 0 heterocycles. The Hall–Kier alpha value is -3.22. The van der Waals surface area contributed by atoms with Crippen molar-refractivity contribution >= 4 is 40.8 Å². The molecule has 166 valence electrons. The fourth-order valence-electron chi connectivity index (χ4n) is 2.88. The van der Waals surface area contributed by atoms with E-state index in [0.29, 0.717) is 11.3 Å². The molecule has 0 bridgehead atoms. The van der Waals surface area contributed by atoms with Crippen molar-refractivity contribution in [3.8, 4) is 17.2 Å². The van der Waals surface area contributed by atoms with E-state index in [4.69, 9.17) is 32.7 Å². The molecule has 6 nitrogen and oxygen atoms in total. The lowest BCUT2D eigenvalue weighted by Gasteiger charge is -2.14. The highest BCUT2D eigenvalue weighted by atomic mass is 35.5. The van der Waals surface area contributed by atoms with E-state index in [1.165, 1.54) is 18.2 Å². The van der Waals surface area contributed by atoms with Crippen molar-refractivity contribution < 1.29 is 24.2 Å². The average molecular weight is 474 g/mol. The van der Waals surface area contributed by atoms with Gasteiger partial charge in [0.15, 0.2) is 5.75 Å².